The number of nitrogens with one attached hydrogen (secondary N) is 1. The van der Waals surface area contributed by atoms with Crippen molar-refractivity contribution < 1.29 is 13.2 Å². The van der Waals surface area contributed by atoms with Crippen molar-refractivity contribution in [3.63, 3.8) is 0 Å². The molecule has 19 heavy (non-hydrogen) atoms. The lowest BCUT2D eigenvalue weighted by Crippen LogP contribution is -2.14. The molecule has 0 saturated carbocycles. The van der Waals surface area contributed by atoms with Crippen molar-refractivity contribution in [2.45, 2.75) is 26.3 Å². The minimum absolute atomic E-state index is 0.0760. The number of hydrogen-bond donors (Lipinski definition) is 1. The van der Waals surface area contributed by atoms with Gasteiger partial charge in [-0.25, -0.2) is 8.78 Å². The van der Waals surface area contributed by atoms with Gasteiger partial charge in [-0.1, -0.05) is 6.92 Å². The second kappa shape index (κ2) is 5.53. The van der Waals surface area contributed by atoms with Gasteiger partial charge in [-0.15, -0.1) is 0 Å². The molecule has 0 fully saturated rings. The van der Waals surface area contributed by atoms with Crippen LogP contribution in [0.2, 0.25) is 0 Å². The third kappa shape index (κ3) is 2.68. The van der Waals surface area contributed by atoms with E-state index in [1.54, 1.807) is 12.1 Å². The monoisotopic (exact) mass is 265 g/mol. The molecule has 0 radical (unpaired) electrons. The fraction of sp³-hybridized carbons (Fsp3) is 0.333. The molecule has 1 heterocycles. The van der Waals surface area contributed by atoms with Crippen molar-refractivity contribution in [1.29, 1.82) is 0 Å². The summed E-state index contributed by atoms with van der Waals surface area (Å²) in [5.74, 6) is 0.160. The van der Waals surface area contributed by atoms with Gasteiger partial charge >= 0.3 is 0 Å². The smallest absolute Gasteiger partial charge is 0.137 e. The standard InChI is InChI=1S/C15H17F2NO/c1-4-13(18-3)15-6-5-14(19-15)10-8-11(16)9(2)7-12(10)17/h5-8,13,18H,4H2,1-3H3. The molecule has 1 atom stereocenters. The molecule has 1 aromatic carbocycles. The Bertz CT molecular complexity index is 574. The van der Waals surface area contributed by atoms with Gasteiger partial charge in [0.2, 0.25) is 0 Å². The van der Waals surface area contributed by atoms with Crippen LogP contribution in [0.4, 0.5) is 8.78 Å². The van der Waals surface area contributed by atoms with Gasteiger partial charge in [0.05, 0.1) is 11.6 Å². The average Bonchev–Trinajstić information content (AvgIpc) is 2.85. The zero-order chi connectivity index (χ0) is 14.0. The van der Waals surface area contributed by atoms with Gasteiger partial charge in [-0.2, -0.15) is 0 Å². The van der Waals surface area contributed by atoms with E-state index in [0.717, 1.165) is 12.2 Å². The molecule has 2 rings (SSSR count). The normalized spacial score (nSPS) is 12.7. The van der Waals surface area contributed by atoms with Gasteiger partial charge in [0.15, 0.2) is 0 Å². The Morgan fingerprint density at radius 3 is 2.58 bits per heavy atom. The highest BCUT2D eigenvalue weighted by molar-refractivity contribution is 5.59. The number of halogens is 2. The van der Waals surface area contributed by atoms with Crippen LogP contribution in [0.15, 0.2) is 28.7 Å². The van der Waals surface area contributed by atoms with E-state index in [1.165, 1.54) is 19.1 Å². The molecule has 102 valence electrons. The van der Waals surface area contributed by atoms with Crippen LogP contribution in [-0.2, 0) is 0 Å². The maximum atomic E-state index is 13.8. The molecule has 0 aliphatic heterocycles. The molecule has 0 aliphatic carbocycles. The fourth-order valence-electron chi connectivity index (χ4n) is 2.07. The minimum atomic E-state index is -0.475. The van der Waals surface area contributed by atoms with Crippen LogP contribution in [0.1, 0.15) is 30.7 Å². The summed E-state index contributed by atoms with van der Waals surface area (Å²) in [4.78, 5) is 0. The summed E-state index contributed by atoms with van der Waals surface area (Å²) >= 11 is 0. The molecule has 0 saturated heterocycles. The zero-order valence-electron chi connectivity index (χ0n) is 11.3. The van der Waals surface area contributed by atoms with Crippen molar-refractivity contribution in [3.8, 4) is 11.3 Å². The molecule has 0 bridgehead atoms. The second-order valence-electron chi connectivity index (χ2n) is 4.53. The molecule has 0 spiro atoms. The van der Waals surface area contributed by atoms with Crippen LogP contribution in [0.3, 0.4) is 0 Å². The quantitative estimate of drug-likeness (QED) is 0.896. The maximum Gasteiger partial charge on any atom is 0.137 e. The molecular weight excluding hydrogens is 248 g/mol. The van der Waals surface area contributed by atoms with Crippen molar-refractivity contribution in [1.82, 2.24) is 5.32 Å². The number of furan rings is 1. The highest BCUT2D eigenvalue weighted by Crippen LogP contribution is 2.29. The first kappa shape index (κ1) is 13.7. The Kier molecular flexibility index (Phi) is 4.00. The first-order chi connectivity index (χ1) is 9.06. The van der Waals surface area contributed by atoms with Crippen molar-refractivity contribution in [3.05, 3.63) is 47.2 Å². The third-order valence-electron chi connectivity index (χ3n) is 3.24. The lowest BCUT2D eigenvalue weighted by molar-refractivity contribution is 0.429. The largest absolute Gasteiger partial charge is 0.459 e. The first-order valence-corrected chi connectivity index (χ1v) is 6.29. The lowest BCUT2D eigenvalue weighted by Gasteiger charge is -2.10. The van der Waals surface area contributed by atoms with Crippen LogP contribution in [0.5, 0.6) is 0 Å². The van der Waals surface area contributed by atoms with Crippen LogP contribution in [-0.4, -0.2) is 7.05 Å². The number of rotatable bonds is 4. The van der Waals surface area contributed by atoms with Gasteiger partial charge in [0, 0.05) is 0 Å². The Labute approximate surface area is 111 Å². The Morgan fingerprint density at radius 2 is 1.95 bits per heavy atom. The summed E-state index contributed by atoms with van der Waals surface area (Å²) in [5, 5.41) is 3.11. The topological polar surface area (TPSA) is 25.2 Å². The Morgan fingerprint density at radius 1 is 1.21 bits per heavy atom. The summed E-state index contributed by atoms with van der Waals surface area (Å²) in [6.07, 6.45) is 0.855. The van der Waals surface area contributed by atoms with E-state index in [-0.39, 0.29) is 17.2 Å². The molecule has 2 nitrogen and oxygen atoms in total. The number of aryl methyl sites for hydroxylation is 1. The van der Waals surface area contributed by atoms with E-state index in [1.807, 2.05) is 14.0 Å². The minimum Gasteiger partial charge on any atom is -0.459 e. The number of hydrogen-bond acceptors (Lipinski definition) is 2. The molecule has 0 aliphatic rings. The fourth-order valence-corrected chi connectivity index (χ4v) is 2.07. The molecular formula is C15H17F2NO. The predicted molar refractivity (Wildman–Crippen MR) is 70.9 cm³/mol. The van der Waals surface area contributed by atoms with Crippen LogP contribution >= 0.6 is 0 Å². The van der Waals surface area contributed by atoms with E-state index >= 15 is 0 Å². The average molecular weight is 265 g/mol. The van der Waals surface area contributed by atoms with Gasteiger partial charge in [-0.3, -0.25) is 0 Å². The van der Waals surface area contributed by atoms with Gasteiger partial charge in [0.25, 0.3) is 0 Å². The van der Waals surface area contributed by atoms with Crippen molar-refractivity contribution >= 4 is 0 Å². The van der Waals surface area contributed by atoms with Crippen LogP contribution in [0, 0.1) is 18.6 Å². The first-order valence-electron chi connectivity index (χ1n) is 6.29. The summed E-state index contributed by atoms with van der Waals surface area (Å²) < 4.78 is 33.0. The SMILES string of the molecule is CCC(NC)c1ccc(-c2cc(F)c(C)cc2F)o1. The van der Waals surface area contributed by atoms with Crippen LogP contribution in [0.25, 0.3) is 11.3 Å². The summed E-state index contributed by atoms with van der Waals surface area (Å²) in [5.41, 5.74) is 0.440. The van der Waals surface area contributed by atoms with Crippen molar-refractivity contribution in [2.24, 2.45) is 0 Å². The van der Waals surface area contributed by atoms with E-state index in [0.29, 0.717) is 5.76 Å². The van der Waals surface area contributed by atoms with E-state index in [9.17, 15) is 8.78 Å². The Hall–Kier alpha value is -1.68. The zero-order valence-corrected chi connectivity index (χ0v) is 11.3. The van der Waals surface area contributed by atoms with E-state index in [4.69, 9.17) is 4.42 Å². The van der Waals surface area contributed by atoms with E-state index in [2.05, 4.69) is 5.32 Å². The molecule has 1 aromatic heterocycles. The summed E-state index contributed by atoms with van der Waals surface area (Å²) in [7, 11) is 1.84. The lowest BCUT2D eigenvalue weighted by atomic mass is 10.1. The highest BCUT2D eigenvalue weighted by atomic mass is 19.1. The predicted octanol–water partition coefficient (Wildman–Crippen LogP) is 4.20. The molecule has 4 heteroatoms. The van der Waals surface area contributed by atoms with Crippen molar-refractivity contribution in [2.75, 3.05) is 7.05 Å². The van der Waals surface area contributed by atoms with E-state index < -0.39 is 11.6 Å². The third-order valence-corrected chi connectivity index (χ3v) is 3.24. The Balaban J connectivity index is 2.40. The maximum absolute atomic E-state index is 13.8. The summed E-state index contributed by atoms with van der Waals surface area (Å²) in [6, 6.07) is 5.89. The highest BCUT2D eigenvalue weighted by Gasteiger charge is 2.16. The molecule has 1 N–H and O–H groups in total. The van der Waals surface area contributed by atoms with Crippen LogP contribution < -0.4 is 5.32 Å². The molecule has 2 aromatic rings. The van der Waals surface area contributed by atoms with Gasteiger partial charge in [0.1, 0.15) is 23.2 Å². The number of benzene rings is 1. The van der Waals surface area contributed by atoms with Gasteiger partial charge in [-0.05, 0) is 50.2 Å². The second-order valence-corrected chi connectivity index (χ2v) is 4.53. The summed E-state index contributed by atoms with van der Waals surface area (Å²) in [6.45, 7) is 3.55. The molecule has 0 amide bonds. The molecule has 1 unspecified atom stereocenters. The van der Waals surface area contributed by atoms with Gasteiger partial charge < -0.3 is 9.73 Å².